The van der Waals surface area contributed by atoms with Gasteiger partial charge in [-0.15, -0.1) is 0 Å². The molecule has 2 aliphatic rings. The molecule has 1 fully saturated rings. The van der Waals surface area contributed by atoms with Crippen molar-refractivity contribution in [1.29, 1.82) is 0 Å². The molecule has 6 nitrogen and oxygen atoms in total. The molecule has 1 saturated heterocycles. The minimum Gasteiger partial charge on any atom is -0.399 e. The Morgan fingerprint density at radius 2 is 2.04 bits per heavy atom. The topological polar surface area (TPSA) is 89.4 Å². The Morgan fingerprint density at radius 1 is 1.25 bits per heavy atom. The van der Waals surface area contributed by atoms with Crippen LogP contribution in [-0.4, -0.2) is 30.4 Å². The number of carbonyl (C=O) groups excluding carboxylic acids is 1. The number of hydrogen-bond donors (Lipinski definition) is 3. The number of benzene rings is 1. The zero-order valence-corrected chi connectivity index (χ0v) is 16.4. The Labute approximate surface area is 165 Å². The van der Waals surface area contributed by atoms with E-state index in [4.69, 9.17) is 15.2 Å². The molecule has 0 saturated carbocycles. The summed E-state index contributed by atoms with van der Waals surface area (Å²) < 4.78 is 11.7. The van der Waals surface area contributed by atoms with Crippen molar-refractivity contribution in [2.24, 2.45) is 5.41 Å². The van der Waals surface area contributed by atoms with Gasteiger partial charge in [-0.25, -0.2) is 0 Å². The first kappa shape index (κ1) is 18.8. The number of nitrogens with two attached hydrogens (primary N) is 1. The fraction of sp³-hybridized carbons (Fsp3) is 0.409. The van der Waals surface area contributed by atoms with Gasteiger partial charge in [0.1, 0.15) is 0 Å². The number of ether oxygens (including phenoxy) is 2. The quantitative estimate of drug-likeness (QED) is 0.539. The molecule has 148 valence electrons. The van der Waals surface area contributed by atoms with Crippen molar-refractivity contribution >= 4 is 28.4 Å². The van der Waals surface area contributed by atoms with E-state index in [-0.39, 0.29) is 17.6 Å². The van der Waals surface area contributed by atoms with E-state index in [0.717, 1.165) is 41.8 Å². The first-order chi connectivity index (χ1) is 13.4. The van der Waals surface area contributed by atoms with Crippen molar-refractivity contribution in [3.05, 3.63) is 47.8 Å². The number of nitrogen functional groups attached to an aromatic ring is 1. The van der Waals surface area contributed by atoms with Gasteiger partial charge in [0.15, 0.2) is 6.29 Å². The summed E-state index contributed by atoms with van der Waals surface area (Å²) in [5, 5.41) is 2.95. The van der Waals surface area contributed by atoms with E-state index < -0.39 is 0 Å². The number of aromatic nitrogens is 1. The number of hydrogen-bond acceptors (Lipinski definition) is 4. The van der Waals surface area contributed by atoms with Crippen molar-refractivity contribution in [3.8, 4) is 0 Å². The summed E-state index contributed by atoms with van der Waals surface area (Å²) in [4.78, 5) is 16.0. The molecule has 0 spiro atoms. The average molecular weight is 381 g/mol. The Bertz CT molecular complexity index is 890. The smallest absolute Gasteiger partial charge is 0.256 e. The fourth-order valence-electron chi connectivity index (χ4n) is 3.74. The largest absolute Gasteiger partial charge is 0.399 e. The van der Waals surface area contributed by atoms with Crippen LogP contribution >= 0.6 is 0 Å². The number of rotatable bonds is 5. The molecule has 28 heavy (non-hydrogen) atoms. The van der Waals surface area contributed by atoms with Gasteiger partial charge >= 0.3 is 0 Å². The van der Waals surface area contributed by atoms with E-state index in [2.05, 4.69) is 24.1 Å². The third-order valence-corrected chi connectivity index (χ3v) is 5.20. The van der Waals surface area contributed by atoms with E-state index >= 15 is 0 Å². The van der Waals surface area contributed by atoms with Gasteiger partial charge in [0, 0.05) is 34.2 Å². The molecule has 2 aromatic rings. The standard InChI is InChI=1S/C22H27N3O3/c1-22(2)12-27-19(28-13-22)7-3-5-15(17-6-4-10-24-17)20-16-11-14(23)8-9-18(16)25-21(20)26/h4,6,8-11,19,24H,3,5,7,12-13,23H2,1-2H3,(H,25,26). The van der Waals surface area contributed by atoms with Crippen LogP contribution in [0.3, 0.4) is 0 Å². The lowest BCUT2D eigenvalue weighted by Gasteiger charge is -2.34. The number of allylic oxidation sites excluding steroid dienone is 1. The average Bonchev–Trinajstić information content (AvgIpc) is 3.28. The molecular formula is C22H27N3O3. The summed E-state index contributed by atoms with van der Waals surface area (Å²) in [6.45, 7) is 5.69. The molecule has 4 rings (SSSR count). The second kappa shape index (κ2) is 7.45. The summed E-state index contributed by atoms with van der Waals surface area (Å²) in [5.41, 5.74) is 11.0. The number of fused-ring (bicyclic) bond motifs is 1. The fourth-order valence-corrected chi connectivity index (χ4v) is 3.74. The third-order valence-electron chi connectivity index (χ3n) is 5.20. The first-order valence-electron chi connectivity index (χ1n) is 9.74. The van der Waals surface area contributed by atoms with Crippen molar-refractivity contribution in [2.75, 3.05) is 24.3 Å². The van der Waals surface area contributed by atoms with Crippen LogP contribution in [0.1, 0.15) is 44.4 Å². The van der Waals surface area contributed by atoms with Crippen molar-refractivity contribution in [2.45, 2.75) is 39.4 Å². The number of aromatic amines is 1. The van der Waals surface area contributed by atoms with Gasteiger partial charge in [0.2, 0.25) is 0 Å². The van der Waals surface area contributed by atoms with Gasteiger partial charge in [-0.3, -0.25) is 4.79 Å². The molecule has 0 radical (unpaired) electrons. The Balaban J connectivity index is 1.55. The molecule has 1 aromatic heterocycles. The van der Waals surface area contributed by atoms with Gasteiger partial charge in [0.05, 0.1) is 18.8 Å². The molecule has 0 aliphatic carbocycles. The molecule has 0 bridgehead atoms. The molecule has 3 heterocycles. The highest BCUT2D eigenvalue weighted by Crippen LogP contribution is 2.39. The molecule has 1 aromatic carbocycles. The lowest BCUT2D eigenvalue weighted by atomic mass is 9.94. The maximum atomic E-state index is 12.7. The Morgan fingerprint density at radius 3 is 2.75 bits per heavy atom. The number of anilines is 2. The summed E-state index contributed by atoms with van der Waals surface area (Å²) in [6.07, 6.45) is 4.08. The second-order valence-corrected chi connectivity index (χ2v) is 8.30. The molecule has 4 N–H and O–H groups in total. The van der Waals surface area contributed by atoms with Crippen LogP contribution in [-0.2, 0) is 14.3 Å². The van der Waals surface area contributed by atoms with Crippen LogP contribution in [0.5, 0.6) is 0 Å². The zero-order valence-electron chi connectivity index (χ0n) is 16.4. The Hall–Kier alpha value is -2.57. The van der Waals surface area contributed by atoms with E-state index in [0.29, 0.717) is 24.5 Å². The SMILES string of the molecule is CC1(C)COC(CCCC(=C2C(=O)Nc3ccc(N)cc32)c2ccc[nH]2)OC1. The molecule has 0 unspecified atom stereocenters. The molecule has 1 amide bonds. The van der Waals surface area contributed by atoms with Crippen LogP contribution in [0.4, 0.5) is 11.4 Å². The van der Waals surface area contributed by atoms with Gasteiger partial charge < -0.3 is 25.5 Å². The third kappa shape index (κ3) is 3.84. The molecular weight excluding hydrogens is 354 g/mol. The van der Waals surface area contributed by atoms with Crippen LogP contribution < -0.4 is 11.1 Å². The van der Waals surface area contributed by atoms with Crippen molar-refractivity contribution in [1.82, 2.24) is 4.98 Å². The minimum absolute atomic E-state index is 0.0689. The highest BCUT2D eigenvalue weighted by molar-refractivity contribution is 6.36. The summed E-state index contributed by atoms with van der Waals surface area (Å²) in [7, 11) is 0. The van der Waals surface area contributed by atoms with Crippen LogP contribution in [0.25, 0.3) is 11.1 Å². The second-order valence-electron chi connectivity index (χ2n) is 8.30. The maximum absolute atomic E-state index is 12.7. The Kier molecular flexibility index (Phi) is 5.00. The van der Waals surface area contributed by atoms with Crippen molar-refractivity contribution < 1.29 is 14.3 Å². The summed E-state index contributed by atoms with van der Waals surface area (Å²) >= 11 is 0. The lowest BCUT2D eigenvalue weighted by Crippen LogP contribution is -2.37. The van der Waals surface area contributed by atoms with Gasteiger partial charge in [-0.1, -0.05) is 13.8 Å². The monoisotopic (exact) mass is 381 g/mol. The van der Waals surface area contributed by atoms with Crippen LogP contribution in [0, 0.1) is 5.41 Å². The molecule has 0 atom stereocenters. The zero-order chi connectivity index (χ0) is 19.7. The van der Waals surface area contributed by atoms with E-state index in [1.165, 1.54) is 0 Å². The van der Waals surface area contributed by atoms with Crippen molar-refractivity contribution in [3.63, 3.8) is 0 Å². The van der Waals surface area contributed by atoms with Crippen LogP contribution in [0.2, 0.25) is 0 Å². The van der Waals surface area contributed by atoms with E-state index in [1.807, 2.05) is 30.5 Å². The van der Waals surface area contributed by atoms with Gasteiger partial charge in [-0.2, -0.15) is 0 Å². The summed E-state index contributed by atoms with van der Waals surface area (Å²) in [6, 6.07) is 9.46. The van der Waals surface area contributed by atoms with Crippen LogP contribution in [0.15, 0.2) is 36.5 Å². The van der Waals surface area contributed by atoms with E-state index in [1.54, 1.807) is 6.07 Å². The number of carbonyl (C=O) groups is 1. The summed E-state index contributed by atoms with van der Waals surface area (Å²) in [5.74, 6) is -0.0860. The first-order valence-corrected chi connectivity index (χ1v) is 9.74. The maximum Gasteiger partial charge on any atom is 0.256 e. The van der Waals surface area contributed by atoms with Gasteiger partial charge in [0.25, 0.3) is 5.91 Å². The van der Waals surface area contributed by atoms with E-state index in [9.17, 15) is 4.79 Å². The normalized spacial score (nSPS) is 20.7. The number of nitrogens with one attached hydrogen (secondary N) is 2. The highest BCUT2D eigenvalue weighted by Gasteiger charge is 2.30. The molecule has 2 aliphatic heterocycles. The lowest BCUT2D eigenvalue weighted by molar-refractivity contribution is -0.223. The highest BCUT2D eigenvalue weighted by atomic mass is 16.7. The molecule has 6 heteroatoms. The van der Waals surface area contributed by atoms with Gasteiger partial charge in [-0.05, 0) is 55.2 Å². The number of H-pyrrole nitrogens is 1. The minimum atomic E-state index is -0.178. The predicted molar refractivity (Wildman–Crippen MR) is 110 cm³/mol. The number of amides is 1. The predicted octanol–water partition coefficient (Wildman–Crippen LogP) is 4.03.